The highest BCUT2D eigenvalue weighted by atomic mass is 16.3. The van der Waals surface area contributed by atoms with Crippen molar-refractivity contribution in [1.82, 2.24) is 0 Å². The maximum atomic E-state index is 13.3. The zero-order valence-electron chi connectivity index (χ0n) is 15.4. The summed E-state index contributed by atoms with van der Waals surface area (Å²) in [5.74, 6) is 0.203. The van der Waals surface area contributed by atoms with Gasteiger partial charge >= 0.3 is 0 Å². The Kier molecular flexibility index (Phi) is 3.83. The standard InChI is InChI=1S/C21H30O4/c1-19-9-4-3-5-13(19)6-7-14-15-8-10-21(25,17(24)12-22)20(15,2)11-16(23)18(14)19/h5,14-15,18,22,25H,3-4,6-12H2,1-2H3/t14-,15-,18+,19-,20-,21-/m0/s1. The quantitative estimate of drug-likeness (QED) is 0.754. The molecule has 138 valence electrons. The first kappa shape index (κ1) is 17.4. The number of rotatable bonds is 2. The predicted molar refractivity (Wildman–Crippen MR) is 93.8 cm³/mol. The number of carbonyl (C=O) groups excluding carboxylic acids is 2. The van der Waals surface area contributed by atoms with Gasteiger partial charge in [-0.2, -0.15) is 0 Å². The molecule has 4 aliphatic carbocycles. The first-order chi connectivity index (χ1) is 11.8. The van der Waals surface area contributed by atoms with Crippen LogP contribution in [0.25, 0.3) is 0 Å². The molecule has 4 rings (SSSR count). The average molecular weight is 346 g/mol. The first-order valence-electron chi connectivity index (χ1n) is 9.87. The van der Waals surface area contributed by atoms with Gasteiger partial charge in [0.15, 0.2) is 5.78 Å². The molecule has 0 aromatic heterocycles. The summed E-state index contributed by atoms with van der Waals surface area (Å²) in [5.41, 5.74) is -0.827. The van der Waals surface area contributed by atoms with Gasteiger partial charge in [-0.3, -0.25) is 9.59 Å². The molecule has 0 unspecified atom stereocenters. The molecule has 0 aromatic carbocycles. The van der Waals surface area contributed by atoms with Crippen LogP contribution in [0.15, 0.2) is 11.6 Å². The molecule has 3 saturated carbocycles. The minimum Gasteiger partial charge on any atom is -0.388 e. The highest BCUT2D eigenvalue weighted by molar-refractivity contribution is 5.92. The molecule has 2 N–H and O–H groups in total. The third-order valence-electron chi connectivity index (χ3n) is 8.48. The zero-order chi connectivity index (χ0) is 18.0. The van der Waals surface area contributed by atoms with Crippen LogP contribution in [0.3, 0.4) is 0 Å². The monoisotopic (exact) mass is 346 g/mol. The van der Waals surface area contributed by atoms with Crippen molar-refractivity contribution in [2.45, 2.75) is 70.8 Å². The van der Waals surface area contributed by atoms with Crippen molar-refractivity contribution in [3.05, 3.63) is 11.6 Å². The summed E-state index contributed by atoms with van der Waals surface area (Å²) in [5, 5.41) is 20.5. The second-order valence-electron chi connectivity index (χ2n) is 9.37. The summed E-state index contributed by atoms with van der Waals surface area (Å²) in [6.45, 7) is 3.54. The van der Waals surface area contributed by atoms with Crippen LogP contribution < -0.4 is 0 Å². The van der Waals surface area contributed by atoms with Crippen LogP contribution in [0.5, 0.6) is 0 Å². The number of allylic oxidation sites excluding steroid dienone is 2. The van der Waals surface area contributed by atoms with Crippen molar-refractivity contribution in [3.63, 3.8) is 0 Å². The molecule has 6 atom stereocenters. The van der Waals surface area contributed by atoms with Crippen LogP contribution >= 0.6 is 0 Å². The molecule has 0 aromatic rings. The van der Waals surface area contributed by atoms with Gasteiger partial charge in [0, 0.05) is 17.8 Å². The number of aliphatic hydroxyl groups excluding tert-OH is 1. The van der Waals surface area contributed by atoms with Crippen LogP contribution in [-0.4, -0.2) is 34.0 Å². The minimum atomic E-state index is -1.55. The normalized spacial score (nSPS) is 49.0. The summed E-state index contributed by atoms with van der Waals surface area (Å²) in [7, 11) is 0. The van der Waals surface area contributed by atoms with Crippen LogP contribution in [0.4, 0.5) is 0 Å². The minimum absolute atomic E-state index is 0.0265. The van der Waals surface area contributed by atoms with Gasteiger partial charge < -0.3 is 10.2 Å². The molecule has 3 fully saturated rings. The first-order valence-corrected chi connectivity index (χ1v) is 9.87. The fraction of sp³-hybridized carbons (Fsp3) is 0.810. The van der Waals surface area contributed by atoms with E-state index in [1.165, 1.54) is 5.57 Å². The Hall–Kier alpha value is -1.00. The maximum absolute atomic E-state index is 13.3. The lowest BCUT2D eigenvalue weighted by molar-refractivity contribution is -0.170. The van der Waals surface area contributed by atoms with Crippen LogP contribution in [0.1, 0.15) is 65.2 Å². The smallest absolute Gasteiger partial charge is 0.190 e. The van der Waals surface area contributed by atoms with Gasteiger partial charge in [0.25, 0.3) is 0 Å². The van der Waals surface area contributed by atoms with Crippen molar-refractivity contribution >= 4 is 11.6 Å². The molecule has 0 heterocycles. The highest BCUT2D eigenvalue weighted by Gasteiger charge is 2.68. The van der Waals surface area contributed by atoms with Crippen LogP contribution in [0, 0.1) is 28.6 Å². The van der Waals surface area contributed by atoms with E-state index in [4.69, 9.17) is 0 Å². The van der Waals surface area contributed by atoms with Gasteiger partial charge in [0.2, 0.25) is 0 Å². The van der Waals surface area contributed by atoms with E-state index < -0.39 is 23.4 Å². The van der Waals surface area contributed by atoms with Gasteiger partial charge in [0.05, 0.1) is 0 Å². The third kappa shape index (κ3) is 2.07. The fourth-order valence-electron chi connectivity index (χ4n) is 7.17. The molecule has 0 aliphatic heterocycles. The number of carbonyl (C=O) groups is 2. The Labute approximate surface area is 149 Å². The van der Waals surface area contributed by atoms with Crippen molar-refractivity contribution in [1.29, 1.82) is 0 Å². The largest absolute Gasteiger partial charge is 0.388 e. The van der Waals surface area contributed by atoms with E-state index in [0.717, 1.165) is 38.5 Å². The lowest BCUT2D eigenvalue weighted by Crippen LogP contribution is -2.60. The molecule has 4 heteroatoms. The third-order valence-corrected chi connectivity index (χ3v) is 8.48. The molecule has 0 radical (unpaired) electrons. The van der Waals surface area contributed by atoms with E-state index in [1.54, 1.807) is 0 Å². The topological polar surface area (TPSA) is 74.6 Å². The fourth-order valence-corrected chi connectivity index (χ4v) is 7.17. The summed E-state index contributed by atoms with van der Waals surface area (Å²) >= 11 is 0. The van der Waals surface area contributed by atoms with E-state index in [9.17, 15) is 19.8 Å². The Morgan fingerprint density at radius 1 is 1.28 bits per heavy atom. The van der Waals surface area contributed by atoms with Crippen molar-refractivity contribution in [3.8, 4) is 0 Å². The lowest BCUT2D eigenvalue weighted by atomic mass is 9.46. The van der Waals surface area contributed by atoms with Gasteiger partial charge in [-0.05, 0) is 62.2 Å². The van der Waals surface area contributed by atoms with Crippen molar-refractivity contribution in [2.75, 3.05) is 6.61 Å². The van der Waals surface area contributed by atoms with Crippen molar-refractivity contribution in [2.24, 2.45) is 28.6 Å². The van der Waals surface area contributed by atoms with E-state index in [0.29, 0.717) is 6.42 Å². The number of fused-ring (bicyclic) bond motifs is 5. The molecule has 0 bridgehead atoms. The number of ketones is 2. The van der Waals surface area contributed by atoms with Gasteiger partial charge in [-0.1, -0.05) is 25.5 Å². The Morgan fingerprint density at radius 3 is 2.76 bits per heavy atom. The van der Waals surface area contributed by atoms with Gasteiger partial charge in [-0.25, -0.2) is 0 Å². The highest BCUT2D eigenvalue weighted by Crippen LogP contribution is 2.66. The van der Waals surface area contributed by atoms with E-state index in [1.807, 2.05) is 6.92 Å². The molecule has 4 nitrogen and oxygen atoms in total. The molecule has 4 aliphatic rings. The van der Waals surface area contributed by atoms with Crippen LogP contribution in [0.2, 0.25) is 0 Å². The lowest BCUT2D eigenvalue weighted by Gasteiger charge is -2.57. The predicted octanol–water partition coefficient (Wildman–Crippen LogP) is 2.81. The Morgan fingerprint density at radius 2 is 2.04 bits per heavy atom. The molecular formula is C21H30O4. The number of aliphatic hydroxyl groups is 2. The molecule has 0 saturated heterocycles. The Bertz CT molecular complexity index is 652. The molecule has 25 heavy (non-hydrogen) atoms. The zero-order valence-corrected chi connectivity index (χ0v) is 15.4. The van der Waals surface area contributed by atoms with E-state index in [2.05, 4.69) is 13.0 Å². The number of hydrogen-bond donors (Lipinski definition) is 2. The summed E-state index contributed by atoms with van der Waals surface area (Å²) < 4.78 is 0. The molecule has 0 amide bonds. The summed E-state index contributed by atoms with van der Waals surface area (Å²) in [6.07, 6.45) is 9.17. The summed E-state index contributed by atoms with van der Waals surface area (Å²) in [6, 6.07) is 0. The molecular weight excluding hydrogens is 316 g/mol. The van der Waals surface area contributed by atoms with Gasteiger partial charge in [-0.15, -0.1) is 0 Å². The van der Waals surface area contributed by atoms with Crippen LogP contribution in [-0.2, 0) is 9.59 Å². The SMILES string of the molecule is C[C@]12CCCC=C1CC[C@@H]1[C@@H]2C(=O)C[C@@]2(C)[C@H]1CC[C@]2(O)C(=O)CO. The number of Topliss-reactive ketones (excluding diaryl/α,β-unsaturated/α-hetero) is 2. The van der Waals surface area contributed by atoms with Gasteiger partial charge in [0.1, 0.15) is 18.0 Å². The van der Waals surface area contributed by atoms with E-state index in [-0.39, 0.29) is 35.4 Å². The van der Waals surface area contributed by atoms with Crippen molar-refractivity contribution < 1.29 is 19.8 Å². The second kappa shape index (κ2) is 5.50. The Balaban J connectivity index is 1.75. The maximum Gasteiger partial charge on any atom is 0.190 e. The van der Waals surface area contributed by atoms with E-state index >= 15 is 0 Å². The average Bonchev–Trinajstić information content (AvgIpc) is 2.85. The number of hydrogen-bond acceptors (Lipinski definition) is 4. The summed E-state index contributed by atoms with van der Waals surface area (Å²) in [4.78, 5) is 25.7. The second-order valence-corrected chi connectivity index (χ2v) is 9.37. The molecule has 0 spiro atoms.